The van der Waals surface area contributed by atoms with Crippen LogP contribution < -0.4 is 0 Å². The Morgan fingerprint density at radius 3 is 2.64 bits per heavy atom. The average molecular weight is 254 g/mol. The van der Waals surface area contributed by atoms with E-state index in [2.05, 4.69) is 46.0 Å². The second kappa shape index (κ2) is 4.45. The van der Waals surface area contributed by atoms with Crippen molar-refractivity contribution >= 4 is 15.9 Å². The van der Waals surface area contributed by atoms with Crippen LogP contribution in [0.4, 0.5) is 0 Å². The molecule has 0 radical (unpaired) electrons. The Hall–Kier alpha value is -0.340. The summed E-state index contributed by atoms with van der Waals surface area (Å²) in [7, 11) is 0. The standard InChI is InChI=1S/C12H16BrN/c1-10-8-11(4-5-12(10)13)9-14-6-2-3-7-14/h4-5,8H,2-3,6-7,9H2,1H3. The van der Waals surface area contributed by atoms with Crippen molar-refractivity contribution in [1.29, 1.82) is 0 Å². The van der Waals surface area contributed by atoms with Gasteiger partial charge in [0.2, 0.25) is 0 Å². The van der Waals surface area contributed by atoms with Crippen molar-refractivity contribution in [2.24, 2.45) is 0 Å². The van der Waals surface area contributed by atoms with Crippen LogP contribution in [0.3, 0.4) is 0 Å². The van der Waals surface area contributed by atoms with Gasteiger partial charge in [-0.25, -0.2) is 0 Å². The molecule has 0 unspecified atom stereocenters. The first-order valence-corrected chi connectivity index (χ1v) is 6.02. The van der Waals surface area contributed by atoms with Crippen molar-refractivity contribution < 1.29 is 0 Å². The molecule has 14 heavy (non-hydrogen) atoms. The molecule has 0 atom stereocenters. The van der Waals surface area contributed by atoms with Gasteiger partial charge in [-0.15, -0.1) is 0 Å². The molecule has 1 aromatic rings. The minimum absolute atomic E-state index is 1.12. The van der Waals surface area contributed by atoms with Crippen LogP contribution in [-0.4, -0.2) is 18.0 Å². The summed E-state index contributed by atoms with van der Waals surface area (Å²) < 4.78 is 1.21. The summed E-state index contributed by atoms with van der Waals surface area (Å²) in [5.41, 5.74) is 2.77. The van der Waals surface area contributed by atoms with Gasteiger partial charge in [0, 0.05) is 11.0 Å². The van der Waals surface area contributed by atoms with Crippen molar-refractivity contribution in [1.82, 2.24) is 4.90 Å². The molecule has 1 aliphatic rings. The normalized spacial score (nSPS) is 17.6. The lowest BCUT2D eigenvalue weighted by atomic mass is 10.1. The van der Waals surface area contributed by atoms with Gasteiger partial charge < -0.3 is 0 Å². The van der Waals surface area contributed by atoms with E-state index >= 15 is 0 Å². The molecule has 76 valence electrons. The zero-order valence-electron chi connectivity index (χ0n) is 8.59. The molecule has 1 nitrogen and oxygen atoms in total. The Balaban J connectivity index is 2.05. The van der Waals surface area contributed by atoms with Crippen LogP contribution in [0.25, 0.3) is 0 Å². The summed E-state index contributed by atoms with van der Waals surface area (Å²) in [6.07, 6.45) is 2.74. The molecule has 0 bridgehead atoms. The lowest BCUT2D eigenvalue weighted by Gasteiger charge is -2.15. The van der Waals surface area contributed by atoms with Gasteiger partial charge in [0.05, 0.1) is 0 Å². The highest BCUT2D eigenvalue weighted by molar-refractivity contribution is 9.10. The first-order valence-electron chi connectivity index (χ1n) is 5.23. The van der Waals surface area contributed by atoms with E-state index in [0.29, 0.717) is 0 Å². The first-order chi connectivity index (χ1) is 6.75. The van der Waals surface area contributed by atoms with E-state index in [4.69, 9.17) is 0 Å². The number of likely N-dealkylation sites (tertiary alicyclic amines) is 1. The van der Waals surface area contributed by atoms with Gasteiger partial charge in [-0.05, 0) is 50.0 Å². The summed E-state index contributed by atoms with van der Waals surface area (Å²) in [6, 6.07) is 6.65. The van der Waals surface area contributed by atoms with Gasteiger partial charge in [0.25, 0.3) is 0 Å². The third-order valence-electron chi connectivity index (χ3n) is 2.83. The molecule has 1 aliphatic heterocycles. The Kier molecular flexibility index (Phi) is 3.24. The fourth-order valence-electron chi connectivity index (χ4n) is 2.00. The van der Waals surface area contributed by atoms with Crippen molar-refractivity contribution in [2.75, 3.05) is 13.1 Å². The topological polar surface area (TPSA) is 3.24 Å². The smallest absolute Gasteiger partial charge is 0.0233 e. The minimum Gasteiger partial charge on any atom is -0.299 e. The molecule has 0 N–H and O–H groups in total. The lowest BCUT2D eigenvalue weighted by Crippen LogP contribution is -2.18. The lowest BCUT2D eigenvalue weighted by molar-refractivity contribution is 0.331. The molecule has 1 fully saturated rings. The van der Waals surface area contributed by atoms with Crippen LogP contribution in [-0.2, 0) is 6.54 Å². The number of nitrogens with zero attached hydrogens (tertiary/aromatic N) is 1. The number of aryl methyl sites for hydroxylation is 1. The summed E-state index contributed by atoms with van der Waals surface area (Å²) >= 11 is 3.53. The zero-order valence-corrected chi connectivity index (χ0v) is 10.2. The third kappa shape index (κ3) is 2.37. The molecule has 0 amide bonds. The predicted octanol–water partition coefficient (Wildman–Crippen LogP) is 3.35. The second-order valence-electron chi connectivity index (χ2n) is 4.07. The van der Waals surface area contributed by atoms with Gasteiger partial charge in [-0.3, -0.25) is 4.90 Å². The second-order valence-corrected chi connectivity index (χ2v) is 4.92. The van der Waals surface area contributed by atoms with E-state index in [1.165, 1.54) is 41.5 Å². The van der Waals surface area contributed by atoms with Crippen molar-refractivity contribution in [2.45, 2.75) is 26.3 Å². The van der Waals surface area contributed by atoms with Crippen LogP contribution in [0.15, 0.2) is 22.7 Å². The summed E-state index contributed by atoms with van der Waals surface area (Å²) in [5.74, 6) is 0. The average Bonchev–Trinajstić information content (AvgIpc) is 2.64. The highest BCUT2D eigenvalue weighted by atomic mass is 79.9. The van der Waals surface area contributed by atoms with Crippen LogP contribution in [0.1, 0.15) is 24.0 Å². The number of hydrogen-bond donors (Lipinski definition) is 0. The van der Waals surface area contributed by atoms with Crippen LogP contribution in [0.5, 0.6) is 0 Å². The SMILES string of the molecule is Cc1cc(CN2CCCC2)ccc1Br. The number of rotatable bonds is 2. The van der Waals surface area contributed by atoms with E-state index in [1.54, 1.807) is 0 Å². The Labute approximate surface area is 94.2 Å². The van der Waals surface area contributed by atoms with Crippen LogP contribution >= 0.6 is 15.9 Å². The molecular formula is C12H16BrN. The first kappa shape index (κ1) is 10.2. The largest absolute Gasteiger partial charge is 0.299 e. The molecule has 2 heteroatoms. The highest BCUT2D eigenvalue weighted by Crippen LogP contribution is 2.19. The molecule has 0 spiro atoms. The zero-order chi connectivity index (χ0) is 9.97. The third-order valence-corrected chi connectivity index (χ3v) is 3.72. The molecule has 1 saturated heterocycles. The summed E-state index contributed by atoms with van der Waals surface area (Å²) in [5, 5.41) is 0. The van der Waals surface area contributed by atoms with Crippen molar-refractivity contribution in [3.8, 4) is 0 Å². The molecule has 2 rings (SSSR count). The molecule has 0 saturated carbocycles. The number of halogens is 1. The van der Waals surface area contributed by atoms with Gasteiger partial charge in [0.15, 0.2) is 0 Å². The molecule has 1 heterocycles. The number of benzene rings is 1. The summed E-state index contributed by atoms with van der Waals surface area (Å²) in [4.78, 5) is 2.53. The highest BCUT2D eigenvalue weighted by Gasteiger charge is 2.11. The van der Waals surface area contributed by atoms with E-state index in [9.17, 15) is 0 Å². The fraction of sp³-hybridized carbons (Fsp3) is 0.500. The maximum absolute atomic E-state index is 3.53. The van der Waals surface area contributed by atoms with E-state index in [-0.39, 0.29) is 0 Å². The quantitative estimate of drug-likeness (QED) is 0.782. The Morgan fingerprint density at radius 2 is 2.00 bits per heavy atom. The fourth-order valence-corrected chi connectivity index (χ4v) is 2.25. The molecule has 0 aromatic heterocycles. The minimum atomic E-state index is 1.12. The van der Waals surface area contributed by atoms with Gasteiger partial charge in [0.1, 0.15) is 0 Å². The molecular weight excluding hydrogens is 238 g/mol. The Morgan fingerprint density at radius 1 is 1.29 bits per heavy atom. The monoisotopic (exact) mass is 253 g/mol. The predicted molar refractivity (Wildman–Crippen MR) is 63.4 cm³/mol. The van der Waals surface area contributed by atoms with Crippen LogP contribution in [0, 0.1) is 6.92 Å². The van der Waals surface area contributed by atoms with Crippen molar-refractivity contribution in [3.05, 3.63) is 33.8 Å². The number of hydrogen-bond acceptors (Lipinski definition) is 1. The molecule has 1 aromatic carbocycles. The maximum atomic E-state index is 3.53. The van der Waals surface area contributed by atoms with E-state index in [1.807, 2.05) is 0 Å². The van der Waals surface area contributed by atoms with Crippen molar-refractivity contribution in [3.63, 3.8) is 0 Å². The van der Waals surface area contributed by atoms with Gasteiger partial charge >= 0.3 is 0 Å². The summed E-state index contributed by atoms with van der Waals surface area (Å²) in [6.45, 7) is 5.82. The Bertz CT molecular complexity index is 316. The van der Waals surface area contributed by atoms with E-state index < -0.39 is 0 Å². The maximum Gasteiger partial charge on any atom is 0.0233 e. The van der Waals surface area contributed by atoms with Crippen LogP contribution in [0.2, 0.25) is 0 Å². The van der Waals surface area contributed by atoms with Gasteiger partial charge in [-0.1, -0.05) is 28.1 Å². The van der Waals surface area contributed by atoms with E-state index in [0.717, 1.165) is 6.54 Å². The van der Waals surface area contributed by atoms with Gasteiger partial charge in [-0.2, -0.15) is 0 Å². The molecule has 0 aliphatic carbocycles.